The summed E-state index contributed by atoms with van der Waals surface area (Å²) in [7, 11) is 1.83. The maximum atomic E-state index is 13.9. The Balaban J connectivity index is 2.27. The quantitative estimate of drug-likeness (QED) is 0.887. The van der Waals surface area contributed by atoms with E-state index in [4.69, 9.17) is 5.73 Å². The Morgan fingerprint density at radius 1 is 1.32 bits per heavy atom. The van der Waals surface area contributed by atoms with Crippen molar-refractivity contribution in [3.05, 3.63) is 59.0 Å². The highest BCUT2D eigenvalue weighted by Gasteiger charge is 2.15. The molecule has 2 aromatic rings. The second kappa shape index (κ2) is 5.80. The molecule has 0 aliphatic carbocycles. The lowest BCUT2D eigenvalue weighted by Crippen LogP contribution is -2.20. The van der Waals surface area contributed by atoms with Gasteiger partial charge in [-0.05, 0) is 44.2 Å². The summed E-state index contributed by atoms with van der Waals surface area (Å²) in [6.45, 7) is 1.96. The number of nitrogens with zero attached hydrogens (tertiary/aromatic N) is 1. The molecule has 3 N–H and O–H groups in total. The van der Waals surface area contributed by atoms with Gasteiger partial charge >= 0.3 is 0 Å². The Labute approximate surface area is 112 Å². The van der Waals surface area contributed by atoms with Gasteiger partial charge < -0.3 is 11.1 Å². The first-order valence-corrected chi connectivity index (χ1v) is 6.24. The fourth-order valence-electron chi connectivity index (χ4n) is 2.15. The molecule has 19 heavy (non-hydrogen) atoms. The number of anilines is 1. The van der Waals surface area contributed by atoms with Crippen molar-refractivity contribution in [2.75, 3.05) is 12.8 Å². The van der Waals surface area contributed by atoms with E-state index in [9.17, 15) is 4.39 Å². The number of nitrogens with two attached hydrogens (primary N) is 1. The Morgan fingerprint density at radius 2 is 2.11 bits per heavy atom. The standard InChI is InChI=1S/C15H18FN3/c1-10-3-4-13(16)12(7-10)14(18-2)8-11-5-6-19-15(17)9-11/h3-7,9,14,18H,8H2,1-2H3,(H2,17,19). The molecule has 0 saturated heterocycles. The van der Waals surface area contributed by atoms with Gasteiger partial charge in [-0.25, -0.2) is 9.37 Å². The highest BCUT2D eigenvalue weighted by atomic mass is 19.1. The van der Waals surface area contributed by atoms with E-state index in [-0.39, 0.29) is 11.9 Å². The lowest BCUT2D eigenvalue weighted by atomic mass is 9.97. The number of aromatic nitrogens is 1. The smallest absolute Gasteiger partial charge is 0.128 e. The summed E-state index contributed by atoms with van der Waals surface area (Å²) in [6.07, 6.45) is 2.34. The monoisotopic (exact) mass is 259 g/mol. The summed E-state index contributed by atoms with van der Waals surface area (Å²) < 4.78 is 13.9. The van der Waals surface area contributed by atoms with Gasteiger partial charge in [0.1, 0.15) is 11.6 Å². The Morgan fingerprint density at radius 3 is 2.79 bits per heavy atom. The minimum Gasteiger partial charge on any atom is -0.384 e. The molecule has 4 heteroatoms. The molecule has 0 saturated carbocycles. The first-order valence-electron chi connectivity index (χ1n) is 6.24. The van der Waals surface area contributed by atoms with Gasteiger partial charge in [0, 0.05) is 17.8 Å². The zero-order valence-electron chi connectivity index (χ0n) is 11.2. The van der Waals surface area contributed by atoms with Crippen LogP contribution in [-0.2, 0) is 6.42 Å². The molecule has 2 rings (SSSR count). The summed E-state index contributed by atoms with van der Waals surface area (Å²) >= 11 is 0. The van der Waals surface area contributed by atoms with E-state index >= 15 is 0 Å². The van der Waals surface area contributed by atoms with Gasteiger partial charge in [-0.15, -0.1) is 0 Å². The average molecular weight is 259 g/mol. The first kappa shape index (κ1) is 13.5. The van der Waals surface area contributed by atoms with E-state index in [1.165, 1.54) is 6.07 Å². The lowest BCUT2D eigenvalue weighted by Gasteiger charge is -2.18. The van der Waals surface area contributed by atoms with Gasteiger partial charge in [-0.2, -0.15) is 0 Å². The largest absolute Gasteiger partial charge is 0.384 e. The summed E-state index contributed by atoms with van der Waals surface area (Å²) in [5.74, 6) is 0.295. The third kappa shape index (κ3) is 3.29. The van der Waals surface area contributed by atoms with E-state index in [1.807, 2.05) is 32.2 Å². The van der Waals surface area contributed by atoms with Crippen LogP contribution in [0.15, 0.2) is 36.5 Å². The number of benzene rings is 1. The zero-order valence-corrected chi connectivity index (χ0v) is 11.2. The fourth-order valence-corrected chi connectivity index (χ4v) is 2.15. The molecule has 0 amide bonds. The predicted octanol–water partition coefficient (Wildman–Crippen LogP) is 2.61. The second-order valence-electron chi connectivity index (χ2n) is 4.66. The summed E-state index contributed by atoms with van der Waals surface area (Å²) in [5.41, 5.74) is 8.42. The van der Waals surface area contributed by atoms with Gasteiger partial charge in [0.15, 0.2) is 0 Å². The third-order valence-corrected chi connectivity index (χ3v) is 3.16. The number of halogens is 1. The molecule has 0 aliphatic rings. The third-order valence-electron chi connectivity index (χ3n) is 3.16. The van der Waals surface area contributed by atoms with Crippen LogP contribution in [-0.4, -0.2) is 12.0 Å². The van der Waals surface area contributed by atoms with Crippen molar-refractivity contribution in [3.63, 3.8) is 0 Å². The molecule has 1 aromatic heterocycles. The molecule has 100 valence electrons. The van der Waals surface area contributed by atoms with Crippen LogP contribution in [0.4, 0.5) is 10.2 Å². The van der Waals surface area contributed by atoms with Crippen LogP contribution in [0.3, 0.4) is 0 Å². The van der Waals surface area contributed by atoms with Crippen molar-refractivity contribution in [2.24, 2.45) is 0 Å². The van der Waals surface area contributed by atoms with Crippen LogP contribution < -0.4 is 11.1 Å². The van der Waals surface area contributed by atoms with E-state index in [0.717, 1.165) is 11.1 Å². The zero-order chi connectivity index (χ0) is 13.8. The van der Waals surface area contributed by atoms with Gasteiger partial charge in [-0.1, -0.05) is 17.7 Å². The normalized spacial score (nSPS) is 12.4. The molecule has 1 heterocycles. The molecule has 0 bridgehead atoms. The van der Waals surface area contributed by atoms with Crippen molar-refractivity contribution >= 4 is 5.82 Å². The molecule has 1 unspecified atom stereocenters. The van der Waals surface area contributed by atoms with Crippen molar-refractivity contribution in [2.45, 2.75) is 19.4 Å². The molecular weight excluding hydrogens is 241 g/mol. The highest BCUT2D eigenvalue weighted by molar-refractivity contribution is 5.34. The number of hydrogen-bond acceptors (Lipinski definition) is 3. The van der Waals surface area contributed by atoms with Crippen LogP contribution in [0.1, 0.15) is 22.7 Å². The number of likely N-dealkylation sites (N-methyl/N-ethyl adjacent to an activating group) is 1. The number of aryl methyl sites for hydroxylation is 1. The van der Waals surface area contributed by atoms with Crippen LogP contribution in [0.25, 0.3) is 0 Å². The Bertz CT molecular complexity index is 569. The fraction of sp³-hybridized carbons (Fsp3) is 0.267. The average Bonchev–Trinajstić information content (AvgIpc) is 2.39. The van der Waals surface area contributed by atoms with Crippen LogP contribution in [0.5, 0.6) is 0 Å². The Hall–Kier alpha value is -1.94. The molecule has 0 spiro atoms. The van der Waals surface area contributed by atoms with Crippen molar-refractivity contribution in [3.8, 4) is 0 Å². The SMILES string of the molecule is CNC(Cc1ccnc(N)c1)c1cc(C)ccc1F. The number of rotatable bonds is 4. The van der Waals surface area contributed by atoms with E-state index < -0.39 is 0 Å². The van der Waals surface area contributed by atoms with E-state index in [0.29, 0.717) is 17.8 Å². The van der Waals surface area contributed by atoms with Crippen molar-refractivity contribution < 1.29 is 4.39 Å². The van der Waals surface area contributed by atoms with Crippen molar-refractivity contribution in [1.29, 1.82) is 0 Å². The number of nitrogens with one attached hydrogen (secondary N) is 1. The summed E-state index contributed by atoms with van der Waals surface area (Å²) in [6, 6.07) is 8.79. The molecule has 0 aliphatic heterocycles. The molecule has 0 fully saturated rings. The lowest BCUT2D eigenvalue weighted by molar-refractivity contribution is 0.533. The maximum absolute atomic E-state index is 13.9. The number of hydrogen-bond donors (Lipinski definition) is 2. The second-order valence-corrected chi connectivity index (χ2v) is 4.66. The molecule has 1 atom stereocenters. The van der Waals surface area contributed by atoms with E-state index in [2.05, 4.69) is 10.3 Å². The minimum absolute atomic E-state index is 0.0818. The maximum Gasteiger partial charge on any atom is 0.128 e. The van der Waals surface area contributed by atoms with Crippen LogP contribution in [0, 0.1) is 12.7 Å². The summed E-state index contributed by atoms with van der Waals surface area (Å²) in [4.78, 5) is 3.96. The highest BCUT2D eigenvalue weighted by Crippen LogP contribution is 2.22. The minimum atomic E-state index is -0.188. The molecular formula is C15H18FN3. The van der Waals surface area contributed by atoms with Gasteiger partial charge in [-0.3, -0.25) is 0 Å². The van der Waals surface area contributed by atoms with Crippen LogP contribution in [0.2, 0.25) is 0 Å². The van der Waals surface area contributed by atoms with Crippen LogP contribution >= 0.6 is 0 Å². The summed E-state index contributed by atoms with van der Waals surface area (Å²) in [5, 5.41) is 3.15. The number of pyridine rings is 1. The van der Waals surface area contributed by atoms with E-state index in [1.54, 1.807) is 12.3 Å². The van der Waals surface area contributed by atoms with Gasteiger partial charge in [0.25, 0.3) is 0 Å². The van der Waals surface area contributed by atoms with Crippen molar-refractivity contribution in [1.82, 2.24) is 10.3 Å². The first-order chi connectivity index (χ1) is 9.10. The predicted molar refractivity (Wildman–Crippen MR) is 75.3 cm³/mol. The van der Waals surface area contributed by atoms with Gasteiger partial charge in [0.2, 0.25) is 0 Å². The van der Waals surface area contributed by atoms with Gasteiger partial charge in [0.05, 0.1) is 0 Å². The molecule has 1 aromatic carbocycles. The Kier molecular flexibility index (Phi) is 4.12. The molecule has 3 nitrogen and oxygen atoms in total. The number of nitrogen functional groups attached to an aromatic ring is 1. The molecule has 0 radical (unpaired) electrons. The topological polar surface area (TPSA) is 50.9 Å².